The molecule has 0 amide bonds. The Morgan fingerprint density at radius 3 is 2.83 bits per heavy atom. The zero-order valence-corrected chi connectivity index (χ0v) is 13.5. The van der Waals surface area contributed by atoms with Crippen LogP contribution < -0.4 is 0 Å². The molecule has 3 nitrogen and oxygen atoms in total. The highest BCUT2D eigenvalue weighted by atomic mass is 16.3. The summed E-state index contributed by atoms with van der Waals surface area (Å²) in [6.45, 7) is 2.07. The standard InChI is InChI=1S/C20H24O3/c1-3-20(23)18(22)11-17-16-6-4-12-10-13(21)5-7-14(12)15(16)8-9-19(17,20)2/h1,5,7,10,15-18,21-23H,4,6,8-9,11H2,2H3/t15-,16-,17+,18+,19+,20+/m1/s1. The lowest BCUT2D eigenvalue weighted by molar-refractivity contribution is -0.101. The van der Waals surface area contributed by atoms with Gasteiger partial charge >= 0.3 is 0 Å². The summed E-state index contributed by atoms with van der Waals surface area (Å²) in [6, 6.07) is 5.72. The fourth-order valence-electron chi connectivity index (χ4n) is 5.85. The predicted molar refractivity (Wildman–Crippen MR) is 87.9 cm³/mol. The highest BCUT2D eigenvalue weighted by Crippen LogP contribution is 2.64. The van der Waals surface area contributed by atoms with Gasteiger partial charge in [-0.3, -0.25) is 0 Å². The van der Waals surface area contributed by atoms with Gasteiger partial charge in [0, 0.05) is 5.41 Å². The van der Waals surface area contributed by atoms with Crippen molar-refractivity contribution >= 4 is 0 Å². The molecule has 3 aliphatic rings. The van der Waals surface area contributed by atoms with Crippen molar-refractivity contribution in [1.82, 2.24) is 0 Å². The van der Waals surface area contributed by atoms with Gasteiger partial charge in [-0.15, -0.1) is 6.42 Å². The summed E-state index contributed by atoms with van der Waals surface area (Å²) in [4.78, 5) is 0. The van der Waals surface area contributed by atoms with E-state index in [9.17, 15) is 15.3 Å². The third-order valence-electron chi connectivity index (χ3n) is 7.15. The van der Waals surface area contributed by atoms with Gasteiger partial charge < -0.3 is 15.3 Å². The second-order valence-electron chi connectivity index (χ2n) is 7.92. The number of aliphatic hydroxyl groups is 2. The molecule has 1 aromatic carbocycles. The van der Waals surface area contributed by atoms with Crippen molar-refractivity contribution in [2.24, 2.45) is 17.3 Å². The van der Waals surface area contributed by atoms with Crippen LogP contribution in [0.3, 0.4) is 0 Å². The Bertz CT molecular complexity index is 691. The number of hydrogen-bond donors (Lipinski definition) is 3. The van der Waals surface area contributed by atoms with E-state index in [2.05, 4.69) is 18.9 Å². The summed E-state index contributed by atoms with van der Waals surface area (Å²) < 4.78 is 0. The minimum atomic E-state index is -1.40. The molecule has 0 aromatic heterocycles. The Morgan fingerprint density at radius 1 is 1.30 bits per heavy atom. The molecule has 122 valence electrons. The molecule has 0 spiro atoms. The SMILES string of the molecule is C#C[C@]1(O)[C@@H](O)C[C@H]2[C@@H]3CCc4cc(O)ccc4[C@H]3CC[C@@]21C. The molecule has 2 saturated carbocycles. The normalized spacial score (nSPS) is 44.8. The largest absolute Gasteiger partial charge is 0.508 e. The molecule has 0 saturated heterocycles. The first-order valence-corrected chi connectivity index (χ1v) is 8.60. The first kappa shape index (κ1) is 15.1. The van der Waals surface area contributed by atoms with Crippen LogP contribution in [0, 0.1) is 29.6 Å². The lowest BCUT2D eigenvalue weighted by atomic mass is 9.53. The molecule has 0 unspecified atom stereocenters. The van der Waals surface area contributed by atoms with E-state index in [1.165, 1.54) is 11.1 Å². The van der Waals surface area contributed by atoms with Crippen LogP contribution in [-0.2, 0) is 6.42 Å². The number of phenols is 1. The number of aliphatic hydroxyl groups excluding tert-OH is 1. The first-order chi connectivity index (χ1) is 10.9. The lowest BCUT2D eigenvalue weighted by Crippen LogP contribution is -2.53. The molecule has 0 radical (unpaired) electrons. The molecule has 0 bridgehead atoms. The number of terminal acetylenes is 1. The van der Waals surface area contributed by atoms with Crippen molar-refractivity contribution in [2.75, 3.05) is 0 Å². The summed E-state index contributed by atoms with van der Waals surface area (Å²) in [6.07, 6.45) is 9.17. The van der Waals surface area contributed by atoms with Crippen molar-refractivity contribution in [1.29, 1.82) is 0 Å². The maximum Gasteiger partial charge on any atom is 0.156 e. The fraction of sp³-hybridized carbons (Fsp3) is 0.600. The number of phenolic OH excluding ortho intramolecular Hbond substituents is 1. The molecule has 2 fully saturated rings. The van der Waals surface area contributed by atoms with E-state index in [0.29, 0.717) is 24.0 Å². The molecule has 0 heterocycles. The zero-order valence-electron chi connectivity index (χ0n) is 13.5. The van der Waals surface area contributed by atoms with Gasteiger partial charge in [0.15, 0.2) is 5.60 Å². The molecule has 6 atom stereocenters. The summed E-state index contributed by atoms with van der Waals surface area (Å²) in [5.41, 5.74) is 0.779. The molecular formula is C20H24O3. The molecule has 0 aliphatic heterocycles. The van der Waals surface area contributed by atoms with E-state index >= 15 is 0 Å². The Kier molecular flexibility index (Phi) is 3.11. The van der Waals surface area contributed by atoms with Gasteiger partial charge in [0.1, 0.15) is 5.75 Å². The van der Waals surface area contributed by atoms with Gasteiger partial charge in [-0.2, -0.15) is 0 Å². The molecule has 23 heavy (non-hydrogen) atoms. The molecule has 3 aliphatic carbocycles. The molecule has 3 heteroatoms. The average Bonchev–Trinajstić information content (AvgIpc) is 2.75. The number of aromatic hydroxyl groups is 1. The lowest BCUT2D eigenvalue weighted by Gasteiger charge is -2.51. The molecule has 3 N–H and O–H groups in total. The maximum atomic E-state index is 10.9. The average molecular weight is 312 g/mol. The van der Waals surface area contributed by atoms with E-state index in [-0.39, 0.29) is 5.92 Å². The van der Waals surface area contributed by atoms with E-state index in [0.717, 1.165) is 25.7 Å². The molecular weight excluding hydrogens is 288 g/mol. The van der Waals surface area contributed by atoms with Gasteiger partial charge in [0.05, 0.1) is 6.10 Å². The number of rotatable bonds is 0. The summed E-state index contributed by atoms with van der Waals surface area (Å²) in [7, 11) is 0. The summed E-state index contributed by atoms with van der Waals surface area (Å²) in [5.74, 6) is 4.00. The van der Waals surface area contributed by atoms with E-state index < -0.39 is 17.1 Å². The van der Waals surface area contributed by atoms with E-state index in [4.69, 9.17) is 6.42 Å². The second-order valence-corrected chi connectivity index (χ2v) is 7.92. The third kappa shape index (κ3) is 1.80. The van der Waals surface area contributed by atoms with Crippen LogP contribution >= 0.6 is 0 Å². The maximum absolute atomic E-state index is 10.9. The summed E-state index contributed by atoms with van der Waals surface area (Å²) >= 11 is 0. The molecule has 4 rings (SSSR count). The monoisotopic (exact) mass is 312 g/mol. The highest BCUT2D eigenvalue weighted by Gasteiger charge is 2.65. The number of fused-ring (bicyclic) bond motifs is 5. The van der Waals surface area contributed by atoms with Crippen LogP contribution in [0.15, 0.2) is 18.2 Å². The van der Waals surface area contributed by atoms with Gasteiger partial charge in [0.25, 0.3) is 0 Å². The van der Waals surface area contributed by atoms with Crippen molar-refractivity contribution in [3.63, 3.8) is 0 Å². The van der Waals surface area contributed by atoms with Gasteiger partial charge in [-0.05, 0) is 73.1 Å². The summed E-state index contributed by atoms with van der Waals surface area (Å²) in [5, 5.41) is 31.1. The zero-order chi connectivity index (χ0) is 16.4. The van der Waals surface area contributed by atoms with E-state index in [1.807, 2.05) is 6.07 Å². The Balaban J connectivity index is 1.74. The first-order valence-electron chi connectivity index (χ1n) is 8.60. The highest BCUT2D eigenvalue weighted by molar-refractivity contribution is 5.41. The van der Waals surface area contributed by atoms with Crippen LogP contribution in [0.1, 0.15) is 49.7 Å². The van der Waals surface area contributed by atoms with Crippen LogP contribution in [0.4, 0.5) is 0 Å². The predicted octanol–water partition coefficient (Wildman–Crippen LogP) is 2.58. The van der Waals surface area contributed by atoms with Crippen LogP contribution in [0.5, 0.6) is 5.75 Å². The smallest absolute Gasteiger partial charge is 0.156 e. The van der Waals surface area contributed by atoms with Gasteiger partial charge in [-0.25, -0.2) is 0 Å². The Hall–Kier alpha value is -1.50. The van der Waals surface area contributed by atoms with Gasteiger partial charge in [-0.1, -0.05) is 18.9 Å². The van der Waals surface area contributed by atoms with Crippen LogP contribution in [0.25, 0.3) is 0 Å². The third-order valence-corrected chi connectivity index (χ3v) is 7.15. The van der Waals surface area contributed by atoms with Crippen molar-refractivity contribution in [2.45, 2.75) is 56.7 Å². The molecule has 1 aromatic rings. The Morgan fingerprint density at radius 2 is 2.09 bits per heavy atom. The number of aryl methyl sites for hydroxylation is 1. The minimum Gasteiger partial charge on any atom is -0.508 e. The fourth-order valence-corrected chi connectivity index (χ4v) is 5.85. The van der Waals surface area contributed by atoms with Crippen LogP contribution in [0.2, 0.25) is 0 Å². The van der Waals surface area contributed by atoms with E-state index in [1.54, 1.807) is 6.07 Å². The van der Waals surface area contributed by atoms with Gasteiger partial charge in [0.2, 0.25) is 0 Å². The Labute approximate surface area is 137 Å². The van der Waals surface area contributed by atoms with Crippen molar-refractivity contribution < 1.29 is 15.3 Å². The van der Waals surface area contributed by atoms with Crippen molar-refractivity contribution in [3.05, 3.63) is 29.3 Å². The quantitative estimate of drug-likeness (QED) is 0.645. The number of benzene rings is 1. The minimum absolute atomic E-state index is 0.249. The topological polar surface area (TPSA) is 60.7 Å². The second kappa shape index (κ2) is 4.75. The van der Waals surface area contributed by atoms with Crippen molar-refractivity contribution in [3.8, 4) is 18.1 Å². The number of hydrogen-bond acceptors (Lipinski definition) is 3. The van der Waals surface area contributed by atoms with Crippen LogP contribution in [-0.4, -0.2) is 27.0 Å².